The number of nitrogens with zero attached hydrogens (tertiary/aromatic N) is 1. The van der Waals surface area contributed by atoms with Gasteiger partial charge < -0.3 is 24.4 Å². The number of amides is 2. The average Bonchev–Trinajstić information content (AvgIpc) is 3.42. The van der Waals surface area contributed by atoms with Crippen LogP contribution in [-0.2, 0) is 14.3 Å². The normalized spacial score (nSPS) is 29.9. The first-order valence-electron chi connectivity index (χ1n) is 10.2. The summed E-state index contributed by atoms with van der Waals surface area (Å²) in [4.78, 5) is 28.3. The van der Waals surface area contributed by atoms with Crippen molar-refractivity contribution >= 4 is 34.8 Å². The fraction of sp³-hybridized carbons (Fsp3) is 0.304. The van der Waals surface area contributed by atoms with Crippen molar-refractivity contribution in [3.8, 4) is 11.5 Å². The molecule has 31 heavy (non-hydrogen) atoms. The van der Waals surface area contributed by atoms with Crippen LogP contribution < -0.4 is 19.7 Å². The summed E-state index contributed by atoms with van der Waals surface area (Å²) >= 11 is 5.99. The van der Waals surface area contributed by atoms with Gasteiger partial charge in [0.15, 0.2) is 11.5 Å². The van der Waals surface area contributed by atoms with Crippen LogP contribution in [0.2, 0.25) is 5.02 Å². The van der Waals surface area contributed by atoms with Gasteiger partial charge in [0.05, 0.1) is 24.5 Å². The third kappa shape index (κ3) is 2.84. The fourth-order valence-electron chi connectivity index (χ4n) is 4.98. The molecule has 2 saturated heterocycles. The van der Waals surface area contributed by atoms with Gasteiger partial charge in [0.25, 0.3) is 0 Å². The summed E-state index contributed by atoms with van der Waals surface area (Å²) < 4.78 is 17.3. The Labute approximate surface area is 183 Å². The Balaban J connectivity index is 1.27. The summed E-state index contributed by atoms with van der Waals surface area (Å²) in [6.45, 7) is 1.34. The van der Waals surface area contributed by atoms with Crippen LogP contribution in [0.25, 0.3) is 0 Å². The molecule has 0 radical (unpaired) electrons. The number of anilines is 2. The lowest BCUT2D eigenvalue weighted by Gasteiger charge is -2.24. The van der Waals surface area contributed by atoms with E-state index in [0.29, 0.717) is 42.0 Å². The second kappa shape index (κ2) is 6.73. The molecule has 0 unspecified atom stereocenters. The fourth-order valence-corrected chi connectivity index (χ4v) is 5.11. The molecule has 8 heteroatoms. The number of fused-ring (bicyclic) bond motifs is 2. The summed E-state index contributed by atoms with van der Waals surface area (Å²) in [5, 5.41) is 3.53. The van der Waals surface area contributed by atoms with E-state index in [4.69, 9.17) is 25.8 Å². The number of carbonyl (C=O) groups excluding carboxylic acids is 2. The Morgan fingerprint density at radius 2 is 1.87 bits per heavy atom. The van der Waals surface area contributed by atoms with Crippen LogP contribution in [0.5, 0.6) is 11.5 Å². The van der Waals surface area contributed by atoms with E-state index >= 15 is 0 Å². The molecule has 0 aromatic heterocycles. The first-order chi connectivity index (χ1) is 15.0. The molecule has 4 heterocycles. The lowest BCUT2D eigenvalue weighted by Crippen LogP contribution is -2.41. The Hall–Kier alpha value is -3.03. The molecular formula is C23H19ClN2O5. The smallest absolute Gasteiger partial charge is 0.234 e. The van der Waals surface area contributed by atoms with Crippen LogP contribution in [0, 0.1) is 11.8 Å². The average molecular weight is 439 g/mol. The summed E-state index contributed by atoms with van der Waals surface area (Å²) in [6, 6.07) is 12.4. The first-order valence-corrected chi connectivity index (χ1v) is 10.6. The third-order valence-electron chi connectivity index (χ3n) is 6.35. The maximum atomic E-state index is 13.4. The van der Waals surface area contributed by atoms with Gasteiger partial charge in [-0.15, -0.1) is 0 Å². The zero-order chi connectivity index (χ0) is 21.2. The standard InChI is InChI=1S/C23H19ClN2O5/c24-13-1-4-15(5-2-13)26-12-23-8-7-17(31-23)19(20(23)22(26)28)21(27)25-14-3-6-16-18(11-14)30-10-9-29-16/h1-8,11,17,19-20H,9-10,12H2,(H,25,27)/t17-,19+,20-,23+/m1/s1. The maximum absolute atomic E-state index is 13.4. The number of hydrogen-bond acceptors (Lipinski definition) is 5. The summed E-state index contributed by atoms with van der Waals surface area (Å²) in [6.07, 6.45) is 3.41. The number of ether oxygens (including phenoxy) is 3. The summed E-state index contributed by atoms with van der Waals surface area (Å²) in [5.41, 5.74) is 0.551. The molecule has 0 aliphatic carbocycles. The first kappa shape index (κ1) is 18.7. The van der Waals surface area contributed by atoms with E-state index in [1.165, 1.54) is 0 Å². The van der Waals surface area contributed by atoms with Crippen LogP contribution in [0.4, 0.5) is 11.4 Å². The van der Waals surface area contributed by atoms with Gasteiger partial charge in [0.2, 0.25) is 11.8 Å². The molecule has 2 bridgehead atoms. The van der Waals surface area contributed by atoms with Crippen LogP contribution in [-0.4, -0.2) is 43.3 Å². The predicted molar refractivity (Wildman–Crippen MR) is 114 cm³/mol. The van der Waals surface area contributed by atoms with Crippen molar-refractivity contribution in [1.82, 2.24) is 0 Å². The molecule has 1 spiro atoms. The molecular weight excluding hydrogens is 420 g/mol. The van der Waals surface area contributed by atoms with Crippen molar-refractivity contribution in [2.45, 2.75) is 11.7 Å². The van der Waals surface area contributed by atoms with Crippen molar-refractivity contribution in [2.24, 2.45) is 11.8 Å². The molecule has 4 aliphatic heterocycles. The molecule has 2 aromatic rings. The highest BCUT2D eigenvalue weighted by molar-refractivity contribution is 6.30. The van der Waals surface area contributed by atoms with E-state index in [1.807, 2.05) is 12.2 Å². The largest absolute Gasteiger partial charge is 0.486 e. The van der Waals surface area contributed by atoms with Crippen molar-refractivity contribution in [2.75, 3.05) is 30.0 Å². The number of nitrogens with one attached hydrogen (secondary N) is 1. The minimum Gasteiger partial charge on any atom is -0.486 e. The highest BCUT2D eigenvalue weighted by atomic mass is 35.5. The molecule has 4 atom stereocenters. The van der Waals surface area contributed by atoms with Crippen molar-refractivity contribution in [3.63, 3.8) is 0 Å². The Morgan fingerprint density at radius 3 is 2.68 bits per heavy atom. The SMILES string of the molecule is O=C(Nc1ccc2c(c1)OCCO2)[C@H]1[C@H]2C=C[C@@]3(CN(c4ccc(Cl)cc4)C(=O)[C@@H]13)O2. The molecule has 2 aromatic carbocycles. The predicted octanol–water partition coefficient (Wildman–Crippen LogP) is 3.04. The molecule has 2 fully saturated rings. The monoisotopic (exact) mass is 438 g/mol. The second-order valence-electron chi connectivity index (χ2n) is 8.15. The number of hydrogen-bond donors (Lipinski definition) is 1. The zero-order valence-electron chi connectivity index (χ0n) is 16.4. The van der Waals surface area contributed by atoms with E-state index in [2.05, 4.69) is 5.32 Å². The Bertz CT molecular complexity index is 1120. The number of carbonyl (C=O) groups is 2. The Morgan fingerprint density at radius 1 is 1.10 bits per heavy atom. The molecule has 4 aliphatic rings. The number of rotatable bonds is 3. The quantitative estimate of drug-likeness (QED) is 0.745. The van der Waals surface area contributed by atoms with Gasteiger partial charge in [-0.1, -0.05) is 23.8 Å². The van der Waals surface area contributed by atoms with Gasteiger partial charge in [-0.3, -0.25) is 9.59 Å². The van der Waals surface area contributed by atoms with Gasteiger partial charge in [-0.2, -0.15) is 0 Å². The van der Waals surface area contributed by atoms with E-state index in [1.54, 1.807) is 47.4 Å². The molecule has 2 amide bonds. The van der Waals surface area contributed by atoms with Gasteiger partial charge in [0.1, 0.15) is 18.8 Å². The molecule has 158 valence electrons. The molecule has 0 saturated carbocycles. The Kier molecular flexibility index (Phi) is 4.07. The van der Waals surface area contributed by atoms with Gasteiger partial charge in [-0.05, 0) is 36.4 Å². The van der Waals surface area contributed by atoms with Gasteiger partial charge in [-0.25, -0.2) is 0 Å². The van der Waals surface area contributed by atoms with E-state index in [9.17, 15) is 9.59 Å². The van der Waals surface area contributed by atoms with Crippen molar-refractivity contribution < 1.29 is 23.8 Å². The summed E-state index contributed by atoms with van der Waals surface area (Å²) in [7, 11) is 0. The number of halogens is 1. The van der Waals surface area contributed by atoms with Gasteiger partial charge in [0, 0.05) is 22.5 Å². The highest BCUT2D eigenvalue weighted by Crippen LogP contribution is 2.53. The molecule has 1 N–H and O–H groups in total. The third-order valence-corrected chi connectivity index (χ3v) is 6.60. The van der Waals surface area contributed by atoms with Crippen LogP contribution in [0.15, 0.2) is 54.6 Å². The topological polar surface area (TPSA) is 77.1 Å². The second-order valence-corrected chi connectivity index (χ2v) is 8.58. The van der Waals surface area contributed by atoms with Crippen LogP contribution in [0.3, 0.4) is 0 Å². The molecule has 7 nitrogen and oxygen atoms in total. The minimum absolute atomic E-state index is 0.114. The lowest BCUT2D eigenvalue weighted by molar-refractivity contribution is -0.128. The maximum Gasteiger partial charge on any atom is 0.234 e. The minimum atomic E-state index is -0.782. The highest BCUT2D eigenvalue weighted by Gasteiger charge is 2.67. The van der Waals surface area contributed by atoms with E-state index in [0.717, 1.165) is 5.69 Å². The molecule has 6 rings (SSSR count). The van der Waals surface area contributed by atoms with Crippen LogP contribution in [0.1, 0.15) is 0 Å². The summed E-state index contributed by atoms with van der Waals surface area (Å²) in [5.74, 6) is -0.298. The van der Waals surface area contributed by atoms with E-state index in [-0.39, 0.29) is 11.8 Å². The van der Waals surface area contributed by atoms with E-state index < -0.39 is 23.5 Å². The van der Waals surface area contributed by atoms with Crippen molar-refractivity contribution in [3.05, 3.63) is 59.6 Å². The van der Waals surface area contributed by atoms with Crippen molar-refractivity contribution in [1.29, 1.82) is 0 Å². The lowest BCUT2D eigenvalue weighted by atomic mass is 9.77. The number of benzene rings is 2. The van der Waals surface area contributed by atoms with Crippen LogP contribution >= 0.6 is 11.6 Å². The zero-order valence-corrected chi connectivity index (χ0v) is 17.2. The van der Waals surface area contributed by atoms with Gasteiger partial charge >= 0.3 is 0 Å².